The maximum Gasteiger partial charge on any atom is 0.261 e. The van der Waals surface area contributed by atoms with Gasteiger partial charge in [-0.2, -0.15) is 0 Å². The summed E-state index contributed by atoms with van der Waals surface area (Å²) in [5, 5.41) is 0. The van der Waals surface area contributed by atoms with Crippen molar-refractivity contribution >= 4 is 35.7 Å². The summed E-state index contributed by atoms with van der Waals surface area (Å²) in [4.78, 5) is 0.212. The molecule has 0 saturated carbocycles. The fraction of sp³-hybridized carbons (Fsp3) is 0.333. The largest absolute Gasteiger partial charge is 0.261 e. The van der Waals surface area contributed by atoms with E-state index >= 15 is 0 Å². The molecule has 0 saturated heterocycles. The molecule has 14 heavy (non-hydrogen) atoms. The predicted molar refractivity (Wildman–Crippen MR) is 61.2 cm³/mol. The summed E-state index contributed by atoms with van der Waals surface area (Å²) in [5.74, 6) is 0. The van der Waals surface area contributed by atoms with Crippen LogP contribution in [0.3, 0.4) is 0 Å². The smallest absolute Gasteiger partial charge is 0.207 e. The van der Waals surface area contributed by atoms with Gasteiger partial charge in [-0.1, -0.05) is 29.3 Å². The first-order valence-electron chi connectivity index (χ1n) is 4.18. The van der Waals surface area contributed by atoms with Crippen LogP contribution in [-0.4, -0.2) is 8.42 Å². The van der Waals surface area contributed by atoms with E-state index in [1.807, 2.05) is 6.92 Å². The molecule has 0 heterocycles. The van der Waals surface area contributed by atoms with Gasteiger partial charge >= 0.3 is 0 Å². The van der Waals surface area contributed by atoms with Crippen LogP contribution < -0.4 is 0 Å². The van der Waals surface area contributed by atoms with Crippen LogP contribution in [0.25, 0.3) is 0 Å². The number of hydrogen-bond acceptors (Lipinski definition) is 2. The second-order valence-corrected chi connectivity index (χ2v) is 6.39. The number of aryl methyl sites for hydroxylation is 1. The molecule has 0 amide bonds. The first-order chi connectivity index (χ1) is 6.45. The van der Waals surface area contributed by atoms with Gasteiger partial charge in [0.2, 0.25) is 0 Å². The van der Waals surface area contributed by atoms with Gasteiger partial charge in [-0.15, -0.1) is 0 Å². The summed E-state index contributed by atoms with van der Waals surface area (Å²) in [6.07, 6.45) is 1.59. The molecule has 0 aliphatic carbocycles. The molecule has 1 aromatic carbocycles. The molecule has 0 bridgehead atoms. The van der Waals surface area contributed by atoms with E-state index < -0.39 is 9.05 Å². The molecule has 0 fully saturated rings. The molecule has 0 aliphatic heterocycles. The van der Waals surface area contributed by atoms with Crippen molar-refractivity contribution in [2.24, 2.45) is 0 Å². The van der Waals surface area contributed by atoms with Crippen molar-refractivity contribution in [1.82, 2.24) is 0 Å². The molecule has 1 rings (SSSR count). The topological polar surface area (TPSA) is 34.1 Å². The van der Waals surface area contributed by atoms with E-state index in [1.165, 1.54) is 6.07 Å². The van der Waals surface area contributed by atoms with Gasteiger partial charge < -0.3 is 0 Å². The van der Waals surface area contributed by atoms with Crippen molar-refractivity contribution in [2.45, 2.75) is 24.7 Å². The molecular formula is C9H10BrClO2S. The van der Waals surface area contributed by atoms with E-state index in [1.54, 1.807) is 12.1 Å². The Balaban J connectivity index is 3.29. The van der Waals surface area contributed by atoms with Crippen LogP contribution in [0.1, 0.15) is 18.9 Å². The van der Waals surface area contributed by atoms with Crippen LogP contribution in [0.2, 0.25) is 0 Å². The fourth-order valence-electron chi connectivity index (χ4n) is 1.25. The molecule has 0 radical (unpaired) electrons. The summed E-state index contributed by atoms with van der Waals surface area (Å²) >= 11 is 3.30. The number of halogens is 2. The van der Waals surface area contributed by atoms with Crippen molar-refractivity contribution < 1.29 is 8.42 Å². The molecule has 0 aromatic heterocycles. The van der Waals surface area contributed by atoms with Crippen LogP contribution in [-0.2, 0) is 15.5 Å². The summed E-state index contributed by atoms with van der Waals surface area (Å²) < 4.78 is 23.2. The van der Waals surface area contributed by atoms with Gasteiger partial charge in [0, 0.05) is 15.2 Å². The van der Waals surface area contributed by atoms with Gasteiger partial charge in [-0.25, -0.2) is 8.42 Å². The standard InChI is InChI=1S/C9H10BrClO2S/c1-2-3-7-6-8(10)4-5-9(7)14(11,12)13/h4-6H,2-3H2,1H3. The number of hydrogen-bond donors (Lipinski definition) is 0. The summed E-state index contributed by atoms with van der Waals surface area (Å²) in [6.45, 7) is 1.99. The minimum absolute atomic E-state index is 0.212. The average molecular weight is 298 g/mol. The molecule has 0 unspecified atom stereocenters. The third kappa shape index (κ3) is 2.97. The van der Waals surface area contributed by atoms with Gasteiger partial charge in [0.1, 0.15) is 0 Å². The first kappa shape index (κ1) is 12.0. The van der Waals surface area contributed by atoms with Crippen LogP contribution >= 0.6 is 26.6 Å². The highest BCUT2D eigenvalue weighted by Crippen LogP contribution is 2.24. The quantitative estimate of drug-likeness (QED) is 0.802. The Labute approximate surface area is 96.8 Å². The maximum atomic E-state index is 11.2. The van der Waals surface area contributed by atoms with Crippen LogP contribution in [0.4, 0.5) is 0 Å². The molecule has 0 spiro atoms. The molecule has 5 heteroatoms. The Morgan fingerprint density at radius 1 is 1.43 bits per heavy atom. The molecule has 0 atom stereocenters. The molecule has 0 aliphatic rings. The third-order valence-electron chi connectivity index (χ3n) is 1.80. The van der Waals surface area contributed by atoms with Crippen molar-refractivity contribution in [3.63, 3.8) is 0 Å². The average Bonchev–Trinajstić information content (AvgIpc) is 2.02. The zero-order valence-electron chi connectivity index (χ0n) is 7.63. The fourth-order valence-corrected chi connectivity index (χ4v) is 2.82. The molecule has 2 nitrogen and oxygen atoms in total. The van der Waals surface area contributed by atoms with E-state index in [-0.39, 0.29) is 4.90 Å². The third-order valence-corrected chi connectivity index (χ3v) is 3.72. The molecule has 1 aromatic rings. The lowest BCUT2D eigenvalue weighted by atomic mass is 10.1. The minimum atomic E-state index is -3.62. The van der Waals surface area contributed by atoms with Crippen LogP contribution in [0, 0.1) is 0 Å². The van der Waals surface area contributed by atoms with E-state index in [2.05, 4.69) is 15.9 Å². The van der Waals surface area contributed by atoms with Crippen LogP contribution in [0.15, 0.2) is 27.6 Å². The van der Waals surface area contributed by atoms with E-state index in [4.69, 9.17) is 10.7 Å². The zero-order valence-corrected chi connectivity index (χ0v) is 10.8. The Hall–Kier alpha value is -0.0600. The monoisotopic (exact) mass is 296 g/mol. The maximum absolute atomic E-state index is 11.2. The lowest BCUT2D eigenvalue weighted by Crippen LogP contribution is -1.97. The normalized spacial score (nSPS) is 11.6. The Morgan fingerprint density at radius 3 is 2.57 bits per heavy atom. The van der Waals surface area contributed by atoms with E-state index in [0.717, 1.165) is 16.5 Å². The Bertz CT molecular complexity index is 428. The first-order valence-corrected chi connectivity index (χ1v) is 7.28. The molecular weight excluding hydrogens is 288 g/mol. The summed E-state index contributed by atoms with van der Waals surface area (Å²) in [7, 11) is 1.69. The second-order valence-electron chi connectivity index (χ2n) is 2.94. The Morgan fingerprint density at radius 2 is 2.07 bits per heavy atom. The lowest BCUT2D eigenvalue weighted by molar-refractivity contribution is 0.608. The molecule has 0 N–H and O–H groups in total. The predicted octanol–water partition coefficient (Wildman–Crippen LogP) is 3.33. The van der Waals surface area contributed by atoms with Gasteiger partial charge in [0.05, 0.1) is 4.90 Å². The number of rotatable bonds is 3. The van der Waals surface area contributed by atoms with Gasteiger partial charge in [-0.3, -0.25) is 0 Å². The zero-order chi connectivity index (χ0) is 10.8. The Kier molecular flexibility index (Phi) is 3.98. The van der Waals surface area contributed by atoms with Crippen molar-refractivity contribution in [2.75, 3.05) is 0 Å². The number of benzene rings is 1. The van der Waals surface area contributed by atoms with Gasteiger partial charge in [0.25, 0.3) is 9.05 Å². The highest BCUT2D eigenvalue weighted by Gasteiger charge is 2.14. The van der Waals surface area contributed by atoms with Crippen molar-refractivity contribution in [3.8, 4) is 0 Å². The summed E-state index contributed by atoms with van der Waals surface area (Å²) in [5.41, 5.74) is 0.761. The van der Waals surface area contributed by atoms with Crippen molar-refractivity contribution in [3.05, 3.63) is 28.2 Å². The highest BCUT2D eigenvalue weighted by atomic mass is 79.9. The van der Waals surface area contributed by atoms with E-state index in [9.17, 15) is 8.42 Å². The second kappa shape index (κ2) is 4.64. The summed E-state index contributed by atoms with van der Waals surface area (Å²) in [6, 6.07) is 4.99. The minimum Gasteiger partial charge on any atom is -0.207 e. The van der Waals surface area contributed by atoms with Crippen molar-refractivity contribution in [1.29, 1.82) is 0 Å². The highest BCUT2D eigenvalue weighted by molar-refractivity contribution is 9.10. The van der Waals surface area contributed by atoms with Gasteiger partial charge in [-0.05, 0) is 30.2 Å². The van der Waals surface area contributed by atoms with E-state index in [0.29, 0.717) is 6.42 Å². The SMILES string of the molecule is CCCc1cc(Br)ccc1S(=O)(=O)Cl. The lowest BCUT2D eigenvalue weighted by Gasteiger charge is -2.05. The molecule has 78 valence electrons. The van der Waals surface area contributed by atoms with Gasteiger partial charge in [0.15, 0.2) is 0 Å². The van der Waals surface area contributed by atoms with Crippen LogP contribution in [0.5, 0.6) is 0 Å².